The molecule has 2 aromatic carbocycles. The number of anilines is 1. The highest BCUT2D eigenvalue weighted by molar-refractivity contribution is 7.96. The van der Waals surface area contributed by atoms with Gasteiger partial charge in [0.1, 0.15) is 5.69 Å². The predicted molar refractivity (Wildman–Crippen MR) is 139 cm³/mol. The zero-order valence-electron chi connectivity index (χ0n) is 21.2. The van der Waals surface area contributed by atoms with Gasteiger partial charge in [0.05, 0.1) is 10.9 Å². The lowest BCUT2D eigenvalue weighted by molar-refractivity contribution is -0.140. The first-order valence-corrected chi connectivity index (χ1v) is 13.2. The number of aromatic nitrogens is 4. The summed E-state index contributed by atoms with van der Waals surface area (Å²) in [6, 6.07) is 10.6. The van der Waals surface area contributed by atoms with E-state index in [1.165, 1.54) is 23.5 Å². The van der Waals surface area contributed by atoms with Crippen LogP contribution in [0.5, 0.6) is 5.75 Å². The molecule has 0 spiro atoms. The lowest BCUT2D eigenvalue weighted by Crippen LogP contribution is -2.47. The van der Waals surface area contributed by atoms with Crippen LogP contribution in [0.3, 0.4) is 0 Å². The predicted octanol–water partition coefficient (Wildman–Crippen LogP) is 5.61. The Kier molecular flexibility index (Phi) is 7.14. The van der Waals surface area contributed by atoms with Crippen molar-refractivity contribution in [1.82, 2.24) is 24.1 Å². The number of phenolic OH excluding ortho intramolecular Hbond substituents is 1. The van der Waals surface area contributed by atoms with Crippen molar-refractivity contribution in [3.05, 3.63) is 65.4 Å². The molecule has 206 valence electrons. The van der Waals surface area contributed by atoms with Crippen LogP contribution < -0.4 is 4.90 Å². The van der Waals surface area contributed by atoms with Crippen LogP contribution in [0.15, 0.2) is 42.6 Å². The van der Waals surface area contributed by atoms with Crippen molar-refractivity contribution in [2.24, 2.45) is 7.05 Å². The van der Waals surface area contributed by atoms with E-state index < -0.39 is 34.7 Å². The van der Waals surface area contributed by atoms with Gasteiger partial charge < -0.3 is 10.0 Å². The summed E-state index contributed by atoms with van der Waals surface area (Å²) in [7, 11) is 3.39. The van der Waals surface area contributed by atoms with Gasteiger partial charge in [-0.15, -0.1) is 0 Å². The molecule has 0 aliphatic carbocycles. The van der Waals surface area contributed by atoms with Crippen molar-refractivity contribution in [3.8, 4) is 17.0 Å². The summed E-state index contributed by atoms with van der Waals surface area (Å²) >= 11 is 1.66. The minimum absolute atomic E-state index is 0.0578. The molecule has 2 aromatic heterocycles. The average molecular weight is 565 g/mol. The lowest BCUT2D eigenvalue weighted by Gasteiger charge is -2.40. The SMILES string of the molecule is CSN1C[C@H](c2ccccc2)C[C@@H](N(C)c2ncc3c(-c4cc(C(F)(F)F)c(F)c(O)c4F)nn(C)c3n2)C1. The van der Waals surface area contributed by atoms with Gasteiger partial charge in [0.2, 0.25) is 5.95 Å². The third-order valence-electron chi connectivity index (χ3n) is 7.09. The van der Waals surface area contributed by atoms with Gasteiger partial charge >= 0.3 is 6.18 Å². The van der Waals surface area contributed by atoms with E-state index in [1.54, 1.807) is 11.9 Å². The van der Waals surface area contributed by atoms with Crippen LogP contribution in [-0.4, -0.2) is 61.6 Å². The van der Waals surface area contributed by atoms with E-state index >= 15 is 0 Å². The largest absolute Gasteiger partial charge is 0.503 e. The molecular weight excluding hydrogens is 539 g/mol. The number of aromatic hydroxyl groups is 1. The minimum atomic E-state index is -5.15. The maximum absolute atomic E-state index is 14.8. The van der Waals surface area contributed by atoms with Crippen molar-refractivity contribution in [2.45, 2.75) is 24.6 Å². The second kappa shape index (κ2) is 10.3. The Morgan fingerprint density at radius 1 is 1.10 bits per heavy atom. The fourth-order valence-electron chi connectivity index (χ4n) is 4.99. The Morgan fingerprint density at radius 2 is 1.82 bits per heavy atom. The van der Waals surface area contributed by atoms with Crippen molar-refractivity contribution in [1.29, 1.82) is 0 Å². The Labute approximate surface area is 225 Å². The average Bonchev–Trinajstić information content (AvgIpc) is 3.26. The molecule has 0 bridgehead atoms. The highest BCUT2D eigenvalue weighted by atomic mass is 32.2. The number of alkyl halides is 3. The molecule has 2 atom stereocenters. The molecule has 1 N–H and O–H groups in total. The molecule has 0 radical (unpaired) electrons. The van der Waals surface area contributed by atoms with Gasteiger partial charge in [0, 0.05) is 45.0 Å². The number of piperidine rings is 1. The standard InChI is InChI=1S/C26H25F5N6OS/c1-35(16-9-15(12-37(13-16)39-3)14-7-5-4-6-8-14)25-32-11-18-22(34-36(2)24(18)33-25)17-10-19(26(29,30)31)21(28)23(38)20(17)27/h4-8,10-11,15-16,38H,9,12-13H2,1-3H3/t15-,16-/m1/s1. The number of aryl methyl sites for hydroxylation is 1. The first kappa shape index (κ1) is 27.1. The van der Waals surface area contributed by atoms with E-state index in [1.807, 2.05) is 36.4 Å². The summed E-state index contributed by atoms with van der Waals surface area (Å²) in [6.45, 7) is 1.66. The molecule has 1 saturated heterocycles. The fourth-order valence-corrected chi connectivity index (χ4v) is 5.64. The molecule has 0 saturated carbocycles. The lowest BCUT2D eigenvalue weighted by atomic mass is 9.88. The molecule has 3 heterocycles. The molecule has 4 aromatic rings. The highest BCUT2D eigenvalue weighted by Crippen LogP contribution is 2.41. The van der Waals surface area contributed by atoms with Crippen LogP contribution in [0.4, 0.5) is 27.9 Å². The van der Waals surface area contributed by atoms with E-state index in [9.17, 15) is 27.1 Å². The summed E-state index contributed by atoms with van der Waals surface area (Å²) < 4.78 is 72.4. The monoisotopic (exact) mass is 564 g/mol. The number of hydrogen-bond acceptors (Lipinski definition) is 7. The van der Waals surface area contributed by atoms with Gasteiger partial charge in [-0.25, -0.2) is 22.8 Å². The molecular formula is C26H25F5N6OS. The van der Waals surface area contributed by atoms with Crippen LogP contribution in [-0.2, 0) is 13.2 Å². The number of benzene rings is 2. The van der Waals surface area contributed by atoms with Crippen molar-refractivity contribution in [3.63, 3.8) is 0 Å². The second-order valence-corrected chi connectivity index (χ2v) is 10.3. The molecule has 13 heteroatoms. The third-order valence-corrected chi connectivity index (χ3v) is 7.91. The summed E-state index contributed by atoms with van der Waals surface area (Å²) in [5.41, 5.74) is -1.25. The molecule has 7 nitrogen and oxygen atoms in total. The van der Waals surface area contributed by atoms with Gasteiger partial charge in [-0.05, 0) is 30.2 Å². The molecule has 1 aliphatic heterocycles. The summed E-state index contributed by atoms with van der Waals surface area (Å²) in [6.07, 6.45) is -0.909. The number of nitrogens with zero attached hydrogens (tertiary/aromatic N) is 6. The topological polar surface area (TPSA) is 70.3 Å². The van der Waals surface area contributed by atoms with Gasteiger partial charge in [0.25, 0.3) is 0 Å². The van der Waals surface area contributed by atoms with E-state index in [4.69, 9.17) is 0 Å². The van der Waals surface area contributed by atoms with Crippen LogP contribution in [0.1, 0.15) is 23.5 Å². The molecule has 0 amide bonds. The maximum Gasteiger partial charge on any atom is 0.419 e. The Balaban J connectivity index is 1.51. The molecule has 5 rings (SSSR count). The molecule has 1 fully saturated rings. The van der Waals surface area contributed by atoms with Gasteiger partial charge in [-0.1, -0.05) is 42.3 Å². The van der Waals surface area contributed by atoms with Gasteiger partial charge in [-0.2, -0.15) is 23.3 Å². The number of hydrogen-bond donors (Lipinski definition) is 1. The number of rotatable bonds is 5. The summed E-state index contributed by atoms with van der Waals surface area (Å²) in [4.78, 5) is 11.0. The molecule has 39 heavy (non-hydrogen) atoms. The fraction of sp³-hybridized carbons (Fsp3) is 0.346. The van der Waals surface area contributed by atoms with Crippen molar-refractivity contribution in [2.75, 3.05) is 31.3 Å². The number of fused-ring (bicyclic) bond motifs is 1. The zero-order valence-corrected chi connectivity index (χ0v) is 22.1. The first-order valence-electron chi connectivity index (χ1n) is 12.0. The highest BCUT2D eigenvalue weighted by Gasteiger charge is 2.38. The Morgan fingerprint density at radius 3 is 2.49 bits per heavy atom. The normalized spacial score (nSPS) is 18.6. The Bertz CT molecular complexity index is 1510. The van der Waals surface area contributed by atoms with Gasteiger partial charge in [-0.3, -0.25) is 0 Å². The molecule has 1 aliphatic rings. The summed E-state index contributed by atoms with van der Waals surface area (Å²) in [5.74, 6) is -4.68. The zero-order chi connectivity index (χ0) is 28.1. The number of halogens is 5. The Hall–Kier alpha value is -3.45. The van der Waals surface area contributed by atoms with Crippen molar-refractivity contribution >= 4 is 28.9 Å². The number of phenols is 1. The quantitative estimate of drug-likeness (QED) is 0.250. The summed E-state index contributed by atoms with van der Waals surface area (Å²) in [5, 5.41) is 14.1. The van der Waals surface area contributed by atoms with Gasteiger partial charge in [0.15, 0.2) is 23.0 Å². The smallest absolute Gasteiger partial charge is 0.419 e. The number of likely N-dealkylation sites (N-methyl/N-ethyl adjacent to an activating group) is 1. The second-order valence-electron chi connectivity index (χ2n) is 9.46. The minimum Gasteiger partial charge on any atom is -0.503 e. The van der Waals surface area contributed by atoms with E-state index in [2.05, 4.69) is 31.5 Å². The first-order chi connectivity index (χ1) is 18.5. The van der Waals surface area contributed by atoms with Crippen LogP contribution in [0, 0.1) is 11.6 Å². The van der Waals surface area contributed by atoms with E-state index in [0.29, 0.717) is 17.9 Å². The van der Waals surface area contributed by atoms with Crippen LogP contribution >= 0.6 is 11.9 Å². The van der Waals surface area contributed by atoms with Crippen molar-refractivity contribution < 1.29 is 27.1 Å². The molecule has 0 unspecified atom stereocenters. The van der Waals surface area contributed by atoms with E-state index in [-0.39, 0.29) is 22.8 Å². The maximum atomic E-state index is 14.8. The third kappa shape index (κ3) is 5.00. The van der Waals surface area contributed by atoms with E-state index in [0.717, 1.165) is 19.5 Å². The van der Waals surface area contributed by atoms with Crippen LogP contribution in [0.25, 0.3) is 22.3 Å². The van der Waals surface area contributed by atoms with Crippen LogP contribution in [0.2, 0.25) is 0 Å².